The molecule has 32 heavy (non-hydrogen) atoms. The Kier molecular flexibility index (Phi) is 5.02. The summed E-state index contributed by atoms with van der Waals surface area (Å²) in [6, 6.07) is 3.93. The molecule has 0 amide bonds. The van der Waals surface area contributed by atoms with Crippen LogP contribution in [0.3, 0.4) is 0 Å². The number of hydrogen-bond acceptors (Lipinski definition) is 9. The molecule has 0 spiro atoms. The summed E-state index contributed by atoms with van der Waals surface area (Å²) in [6.45, 7) is 3.75. The molecule has 0 bridgehead atoms. The second kappa shape index (κ2) is 8.00. The van der Waals surface area contributed by atoms with Gasteiger partial charge in [-0.25, -0.2) is 19.7 Å². The van der Waals surface area contributed by atoms with Gasteiger partial charge in [0.25, 0.3) is 0 Å². The molecule has 0 aliphatic carbocycles. The van der Waals surface area contributed by atoms with Gasteiger partial charge in [-0.1, -0.05) is 0 Å². The first-order chi connectivity index (χ1) is 15.6. The number of pyridine rings is 1. The van der Waals surface area contributed by atoms with Gasteiger partial charge in [-0.2, -0.15) is 0 Å². The van der Waals surface area contributed by atoms with Crippen LogP contribution < -0.4 is 20.7 Å². The highest BCUT2D eigenvalue weighted by molar-refractivity contribution is 5.91. The number of hydrogen-bond donors (Lipinski definition) is 4. The van der Waals surface area contributed by atoms with Crippen molar-refractivity contribution in [2.24, 2.45) is 5.73 Å². The fourth-order valence-electron chi connectivity index (χ4n) is 4.17. The lowest BCUT2D eigenvalue weighted by atomic mass is 10.1. The quantitative estimate of drug-likeness (QED) is 0.425. The summed E-state index contributed by atoms with van der Waals surface area (Å²) in [7, 11) is 0. The zero-order valence-electron chi connectivity index (χ0n) is 17.4. The van der Waals surface area contributed by atoms with E-state index in [0.29, 0.717) is 42.9 Å². The molecule has 11 heteroatoms. The minimum atomic E-state index is -1.15. The van der Waals surface area contributed by atoms with Gasteiger partial charge in [0.15, 0.2) is 17.4 Å². The van der Waals surface area contributed by atoms with Crippen LogP contribution in [0.1, 0.15) is 12.6 Å². The molecule has 0 unspecified atom stereocenters. The van der Waals surface area contributed by atoms with Crippen LogP contribution in [0.25, 0.3) is 22.4 Å². The summed E-state index contributed by atoms with van der Waals surface area (Å²) in [5, 5.41) is 13.0. The molecule has 1 saturated heterocycles. The number of nitrogens with one attached hydrogen (secondary N) is 2. The fourth-order valence-corrected chi connectivity index (χ4v) is 4.17. The minimum absolute atomic E-state index is 0.0399. The van der Waals surface area contributed by atoms with Gasteiger partial charge in [0.05, 0.1) is 31.8 Å². The topological polar surface area (TPSA) is 152 Å². The van der Waals surface area contributed by atoms with Crippen molar-refractivity contribution in [2.75, 3.05) is 24.7 Å². The van der Waals surface area contributed by atoms with Crippen LogP contribution in [0.2, 0.25) is 0 Å². The summed E-state index contributed by atoms with van der Waals surface area (Å²) in [5.74, 6) is 0.561. The number of H-pyrrole nitrogens is 1. The molecule has 2 aliphatic rings. The molecule has 11 nitrogen and oxygen atoms in total. The molecular formula is C21H23N7O4. The Bertz CT molecular complexity index is 1210. The smallest absolute Gasteiger partial charge is 0.353 e. The summed E-state index contributed by atoms with van der Waals surface area (Å²) in [4.78, 5) is 30.7. The number of ether oxygens (including phenoxy) is 2. The number of aliphatic carboxylic acids is 1. The predicted octanol–water partition coefficient (Wildman–Crippen LogP) is 0.980. The molecule has 0 aromatic carbocycles. The normalized spacial score (nSPS) is 20.4. The van der Waals surface area contributed by atoms with Crippen molar-refractivity contribution in [1.82, 2.24) is 25.3 Å². The lowest BCUT2D eigenvalue weighted by Crippen LogP contribution is -2.56. The molecule has 5 N–H and O–H groups in total. The third kappa shape index (κ3) is 3.36. The monoisotopic (exact) mass is 437 g/mol. The van der Waals surface area contributed by atoms with E-state index in [1.165, 1.54) is 0 Å². The third-order valence-electron chi connectivity index (χ3n) is 5.66. The first-order valence-electron chi connectivity index (χ1n) is 10.3. The number of nitrogens with zero attached hydrogens (tertiary/aromatic N) is 4. The maximum absolute atomic E-state index is 11.4. The van der Waals surface area contributed by atoms with Crippen LogP contribution in [0.5, 0.6) is 5.75 Å². The minimum Gasteiger partial charge on any atom is -0.486 e. The van der Waals surface area contributed by atoms with Crippen LogP contribution in [0.4, 0.5) is 5.82 Å². The van der Waals surface area contributed by atoms with E-state index < -0.39 is 5.97 Å². The van der Waals surface area contributed by atoms with E-state index in [1.807, 2.05) is 18.3 Å². The largest absolute Gasteiger partial charge is 0.486 e. The number of carbonyl (C=O) groups is 1. The summed E-state index contributed by atoms with van der Waals surface area (Å²) in [5.41, 5.74) is 7.42. The van der Waals surface area contributed by atoms with E-state index >= 15 is 0 Å². The van der Waals surface area contributed by atoms with Crippen molar-refractivity contribution in [3.63, 3.8) is 0 Å². The zero-order chi connectivity index (χ0) is 22.2. The molecule has 3 aromatic heterocycles. The Morgan fingerprint density at radius 3 is 3.06 bits per heavy atom. The summed E-state index contributed by atoms with van der Waals surface area (Å²) >= 11 is 0. The number of aromatic nitrogens is 4. The average molecular weight is 437 g/mol. The van der Waals surface area contributed by atoms with Gasteiger partial charge < -0.3 is 35.5 Å². The van der Waals surface area contributed by atoms with E-state index in [0.717, 1.165) is 22.8 Å². The second-order valence-electron chi connectivity index (χ2n) is 7.74. The van der Waals surface area contributed by atoms with Gasteiger partial charge in [0, 0.05) is 29.5 Å². The van der Waals surface area contributed by atoms with Crippen LogP contribution in [0, 0.1) is 0 Å². The SMILES string of the molecule is C[C@@H]1COC[C@H]2COc3c(CN/C(=C\N)C(=O)O)nc(-c4ccnc5[nH]ccc45)nc3N21. The summed E-state index contributed by atoms with van der Waals surface area (Å²) in [6.07, 6.45) is 4.53. The van der Waals surface area contributed by atoms with Crippen molar-refractivity contribution in [1.29, 1.82) is 0 Å². The molecule has 166 valence electrons. The Hall–Kier alpha value is -3.86. The first-order valence-corrected chi connectivity index (χ1v) is 10.3. The van der Waals surface area contributed by atoms with Gasteiger partial charge >= 0.3 is 5.97 Å². The Morgan fingerprint density at radius 2 is 2.25 bits per heavy atom. The average Bonchev–Trinajstić information content (AvgIpc) is 3.28. The molecule has 3 aromatic rings. The lowest BCUT2D eigenvalue weighted by molar-refractivity contribution is -0.133. The van der Waals surface area contributed by atoms with Crippen molar-refractivity contribution in [3.05, 3.63) is 42.1 Å². The number of carboxylic acids is 1. The number of carboxylic acid groups (broad SMARTS) is 1. The number of anilines is 1. The van der Waals surface area contributed by atoms with E-state index in [4.69, 9.17) is 25.2 Å². The lowest BCUT2D eigenvalue weighted by Gasteiger charge is -2.44. The maximum atomic E-state index is 11.4. The number of nitrogens with two attached hydrogens (primary N) is 1. The highest BCUT2D eigenvalue weighted by Crippen LogP contribution is 2.39. The summed E-state index contributed by atoms with van der Waals surface area (Å²) < 4.78 is 11.8. The molecule has 1 fully saturated rings. The van der Waals surface area contributed by atoms with E-state index in [2.05, 4.69) is 27.1 Å². The number of fused-ring (bicyclic) bond motifs is 4. The van der Waals surface area contributed by atoms with E-state index in [-0.39, 0.29) is 24.3 Å². The molecular weight excluding hydrogens is 414 g/mol. The third-order valence-corrected chi connectivity index (χ3v) is 5.66. The van der Waals surface area contributed by atoms with Crippen molar-refractivity contribution < 1.29 is 19.4 Å². The highest BCUT2D eigenvalue weighted by atomic mass is 16.5. The van der Waals surface area contributed by atoms with E-state index in [9.17, 15) is 9.90 Å². The van der Waals surface area contributed by atoms with Crippen LogP contribution in [0.15, 0.2) is 36.4 Å². The van der Waals surface area contributed by atoms with E-state index in [1.54, 1.807) is 6.20 Å². The van der Waals surface area contributed by atoms with Gasteiger partial charge in [-0.3, -0.25) is 0 Å². The van der Waals surface area contributed by atoms with Gasteiger partial charge in [0.1, 0.15) is 23.6 Å². The number of morpholine rings is 1. The van der Waals surface area contributed by atoms with Gasteiger partial charge in [0.2, 0.25) is 0 Å². The molecule has 0 saturated carbocycles. The fraction of sp³-hybridized carbons (Fsp3) is 0.333. The van der Waals surface area contributed by atoms with Gasteiger partial charge in [-0.05, 0) is 19.1 Å². The number of aromatic amines is 1. The van der Waals surface area contributed by atoms with Crippen LogP contribution >= 0.6 is 0 Å². The highest BCUT2D eigenvalue weighted by Gasteiger charge is 2.37. The Labute approximate surface area is 183 Å². The molecule has 2 atom stereocenters. The predicted molar refractivity (Wildman–Crippen MR) is 116 cm³/mol. The molecule has 5 rings (SSSR count). The maximum Gasteiger partial charge on any atom is 0.353 e. The zero-order valence-corrected chi connectivity index (χ0v) is 17.4. The molecule has 5 heterocycles. The van der Waals surface area contributed by atoms with Crippen molar-refractivity contribution in [2.45, 2.75) is 25.6 Å². The second-order valence-corrected chi connectivity index (χ2v) is 7.74. The first kappa shape index (κ1) is 20.1. The Balaban J connectivity index is 1.64. The number of rotatable bonds is 5. The molecule has 0 radical (unpaired) electrons. The van der Waals surface area contributed by atoms with Crippen molar-refractivity contribution in [3.8, 4) is 17.1 Å². The van der Waals surface area contributed by atoms with Crippen LogP contribution in [-0.2, 0) is 16.1 Å². The molecule has 2 aliphatic heterocycles. The van der Waals surface area contributed by atoms with Crippen molar-refractivity contribution >= 4 is 22.8 Å². The standard InChI is InChI=1S/C21H23N7O4/c1-11-8-31-9-12-10-32-17-16(7-25-15(6-22)21(29)30)26-19(27-20(17)28(11)12)14-3-5-24-18-13(14)2-4-23-18/h2-6,11-12,25H,7-10,22H2,1H3,(H,23,24)(H,29,30)/b15-6-/t11-,12+/m1/s1. The van der Waals surface area contributed by atoms with Crippen LogP contribution in [-0.4, -0.2) is 62.9 Å². The van der Waals surface area contributed by atoms with Gasteiger partial charge in [-0.15, -0.1) is 0 Å². The Morgan fingerprint density at radius 1 is 1.38 bits per heavy atom.